The molecular weight excluding hydrogens is 488 g/mol. The van der Waals surface area contributed by atoms with Crippen molar-refractivity contribution in [1.29, 1.82) is 0 Å². The highest BCUT2D eigenvalue weighted by molar-refractivity contribution is 5.66. The fourth-order valence-corrected chi connectivity index (χ4v) is 3.87. The second-order valence-electron chi connectivity index (χ2n) is 9.94. The summed E-state index contributed by atoms with van der Waals surface area (Å²) in [5, 5.41) is 8.61. The fraction of sp³-hybridized carbons (Fsp3) is 0.500. The van der Waals surface area contributed by atoms with Crippen LogP contribution < -0.4 is 0 Å². The minimum absolute atomic E-state index is 0.319. The number of aliphatic carboxylic acids is 1. The van der Waals surface area contributed by atoms with Gasteiger partial charge in [0.15, 0.2) is 0 Å². The number of unbranched alkanes of at least 4 members (excludes halogenated alkanes) is 7. The van der Waals surface area contributed by atoms with E-state index in [9.17, 15) is 4.79 Å². The van der Waals surface area contributed by atoms with Gasteiger partial charge in [-0.25, -0.2) is 0 Å². The molecule has 0 aliphatic rings. The van der Waals surface area contributed by atoms with Gasteiger partial charge in [0.2, 0.25) is 0 Å². The number of carboxylic acids is 1. The van der Waals surface area contributed by atoms with Crippen LogP contribution in [-0.4, -0.2) is 11.1 Å². The molecule has 222 valence electrons. The van der Waals surface area contributed by atoms with Crippen molar-refractivity contribution < 1.29 is 9.90 Å². The average molecular weight is 547 g/mol. The standard InChI is InChI=1S/C38H58O2/c1-2-3-4-5-6-7-8-9-10-11-12-13-14-15-16-17-18-19-20-21-22-23-24-25-26-27-28-29-30-31-32-33-34-35-36-37-38(39)40/h3-4,6-7,9-10,12-13,15-16,18-19,21-22,24-25,27-28H,2,5,8,11,14,17,20,23,26,29-37H2,1H3,(H,39,40)/b4-3-,7-6-,10-9-,13-12-,16-15-,19-18-,22-21-,25-24-,28-27-. The summed E-state index contributed by atoms with van der Waals surface area (Å²) in [6, 6.07) is 0. The lowest BCUT2D eigenvalue weighted by Crippen LogP contribution is -1.93. The molecule has 0 spiro atoms. The van der Waals surface area contributed by atoms with Crippen LogP contribution >= 0.6 is 0 Å². The maximum absolute atomic E-state index is 10.5. The molecule has 0 fully saturated rings. The Kier molecular flexibility index (Phi) is 31.7. The molecule has 2 heteroatoms. The first-order valence-electron chi connectivity index (χ1n) is 15.8. The molecule has 0 saturated heterocycles. The lowest BCUT2D eigenvalue weighted by atomic mass is 10.1. The quantitative estimate of drug-likeness (QED) is 0.0821. The first-order valence-corrected chi connectivity index (χ1v) is 15.8. The molecule has 0 unspecified atom stereocenters. The molecule has 0 heterocycles. The van der Waals surface area contributed by atoms with Gasteiger partial charge >= 0.3 is 5.97 Å². The highest BCUT2D eigenvalue weighted by Crippen LogP contribution is 2.10. The van der Waals surface area contributed by atoms with Crippen LogP contribution in [0.4, 0.5) is 0 Å². The molecule has 0 rings (SSSR count). The van der Waals surface area contributed by atoms with Gasteiger partial charge in [0, 0.05) is 6.42 Å². The minimum atomic E-state index is -0.671. The maximum atomic E-state index is 10.5. The maximum Gasteiger partial charge on any atom is 0.303 e. The monoisotopic (exact) mass is 546 g/mol. The minimum Gasteiger partial charge on any atom is -0.481 e. The summed E-state index contributed by atoms with van der Waals surface area (Å²) in [5.74, 6) is -0.671. The van der Waals surface area contributed by atoms with E-state index in [0.29, 0.717) is 6.42 Å². The van der Waals surface area contributed by atoms with Crippen molar-refractivity contribution in [3.8, 4) is 0 Å². The van der Waals surface area contributed by atoms with E-state index in [-0.39, 0.29) is 0 Å². The second kappa shape index (κ2) is 34.2. The van der Waals surface area contributed by atoms with E-state index in [1.165, 1.54) is 38.5 Å². The number of hydrogen-bond donors (Lipinski definition) is 1. The number of carbonyl (C=O) groups is 1. The third kappa shape index (κ3) is 35.1. The fourth-order valence-electron chi connectivity index (χ4n) is 3.87. The van der Waals surface area contributed by atoms with Crippen LogP contribution in [0.15, 0.2) is 109 Å². The molecule has 40 heavy (non-hydrogen) atoms. The predicted molar refractivity (Wildman–Crippen MR) is 179 cm³/mol. The Labute approximate surface area is 247 Å². The molecule has 0 radical (unpaired) electrons. The highest BCUT2D eigenvalue weighted by Gasteiger charge is 1.96. The van der Waals surface area contributed by atoms with E-state index in [4.69, 9.17) is 5.11 Å². The summed E-state index contributed by atoms with van der Waals surface area (Å²) in [7, 11) is 0. The van der Waals surface area contributed by atoms with Crippen LogP contribution in [0, 0.1) is 0 Å². The first kappa shape index (κ1) is 37.1. The number of carboxylic acid groups (broad SMARTS) is 1. The van der Waals surface area contributed by atoms with Gasteiger partial charge in [0.1, 0.15) is 0 Å². The van der Waals surface area contributed by atoms with E-state index in [1.807, 2.05) is 0 Å². The zero-order valence-corrected chi connectivity index (χ0v) is 25.5. The van der Waals surface area contributed by atoms with Crippen molar-refractivity contribution in [1.82, 2.24) is 0 Å². The Morgan fingerprint density at radius 1 is 0.400 bits per heavy atom. The van der Waals surface area contributed by atoms with E-state index >= 15 is 0 Å². The lowest BCUT2D eigenvalue weighted by Gasteiger charge is -2.00. The largest absolute Gasteiger partial charge is 0.481 e. The Morgan fingerprint density at radius 3 is 1.00 bits per heavy atom. The molecule has 0 aliphatic carbocycles. The van der Waals surface area contributed by atoms with E-state index in [0.717, 1.165) is 70.6 Å². The molecule has 0 saturated carbocycles. The van der Waals surface area contributed by atoms with E-state index in [2.05, 4.69) is 116 Å². The van der Waals surface area contributed by atoms with Gasteiger partial charge in [-0.2, -0.15) is 0 Å². The summed E-state index contributed by atoms with van der Waals surface area (Å²) < 4.78 is 0. The molecule has 2 nitrogen and oxygen atoms in total. The molecule has 0 aromatic heterocycles. The number of hydrogen-bond acceptors (Lipinski definition) is 1. The van der Waals surface area contributed by atoms with Crippen LogP contribution in [0.2, 0.25) is 0 Å². The van der Waals surface area contributed by atoms with Crippen molar-refractivity contribution in [2.75, 3.05) is 0 Å². The Morgan fingerprint density at radius 2 is 0.675 bits per heavy atom. The zero-order valence-electron chi connectivity index (χ0n) is 25.5. The van der Waals surface area contributed by atoms with Crippen LogP contribution in [0.1, 0.15) is 122 Å². The Hall–Kier alpha value is -2.87. The summed E-state index contributed by atoms with van der Waals surface area (Å²) in [6.07, 6.45) is 59.1. The van der Waals surface area contributed by atoms with Crippen LogP contribution in [0.25, 0.3) is 0 Å². The highest BCUT2D eigenvalue weighted by atomic mass is 16.4. The van der Waals surface area contributed by atoms with Gasteiger partial charge in [-0.15, -0.1) is 0 Å². The zero-order chi connectivity index (χ0) is 29.0. The topological polar surface area (TPSA) is 37.3 Å². The molecule has 0 bridgehead atoms. The summed E-state index contributed by atoms with van der Waals surface area (Å²) in [6.45, 7) is 2.16. The SMILES string of the molecule is CC/C=C\C/C=C\C/C=C\C/C=C\C/C=C\C/C=C\C/C=C\C/C=C\C/C=C\CCCCCCCCCC(=O)O. The van der Waals surface area contributed by atoms with Crippen molar-refractivity contribution in [3.05, 3.63) is 109 Å². The predicted octanol–water partition coefficient (Wildman–Crippen LogP) is 12.1. The summed E-state index contributed by atoms with van der Waals surface area (Å²) in [5.41, 5.74) is 0. The molecular formula is C38H58O2. The molecule has 1 N–H and O–H groups in total. The summed E-state index contributed by atoms with van der Waals surface area (Å²) >= 11 is 0. The van der Waals surface area contributed by atoms with Crippen LogP contribution in [-0.2, 0) is 4.79 Å². The Bertz CT molecular complexity index is 814. The van der Waals surface area contributed by atoms with Crippen molar-refractivity contribution in [2.24, 2.45) is 0 Å². The second-order valence-corrected chi connectivity index (χ2v) is 9.94. The summed E-state index contributed by atoms with van der Waals surface area (Å²) in [4.78, 5) is 10.5. The molecule has 0 aromatic carbocycles. The molecule has 0 aliphatic heterocycles. The van der Waals surface area contributed by atoms with Gasteiger partial charge in [-0.05, 0) is 77.0 Å². The number of rotatable bonds is 27. The molecule has 0 aromatic rings. The third-order valence-electron chi connectivity index (χ3n) is 6.17. The molecule has 0 atom stereocenters. The lowest BCUT2D eigenvalue weighted by molar-refractivity contribution is -0.137. The average Bonchev–Trinajstić information content (AvgIpc) is 2.95. The molecule has 0 amide bonds. The third-order valence-corrected chi connectivity index (χ3v) is 6.17. The van der Waals surface area contributed by atoms with E-state index < -0.39 is 5.97 Å². The van der Waals surface area contributed by atoms with Crippen LogP contribution in [0.5, 0.6) is 0 Å². The first-order chi connectivity index (χ1) is 19.8. The van der Waals surface area contributed by atoms with Crippen molar-refractivity contribution >= 4 is 5.97 Å². The van der Waals surface area contributed by atoms with Gasteiger partial charge < -0.3 is 5.11 Å². The Balaban J connectivity index is 3.51. The van der Waals surface area contributed by atoms with Gasteiger partial charge in [0.25, 0.3) is 0 Å². The van der Waals surface area contributed by atoms with E-state index in [1.54, 1.807) is 0 Å². The van der Waals surface area contributed by atoms with Gasteiger partial charge in [-0.1, -0.05) is 148 Å². The van der Waals surface area contributed by atoms with Gasteiger partial charge in [0.05, 0.1) is 0 Å². The van der Waals surface area contributed by atoms with Crippen molar-refractivity contribution in [2.45, 2.75) is 122 Å². The normalized spacial score (nSPS) is 13.2. The van der Waals surface area contributed by atoms with Crippen molar-refractivity contribution in [3.63, 3.8) is 0 Å². The smallest absolute Gasteiger partial charge is 0.303 e. The van der Waals surface area contributed by atoms with Gasteiger partial charge in [-0.3, -0.25) is 4.79 Å². The van der Waals surface area contributed by atoms with Crippen LogP contribution in [0.3, 0.4) is 0 Å². The number of allylic oxidation sites excluding steroid dienone is 18.